The van der Waals surface area contributed by atoms with E-state index in [0.29, 0.717) is 11.9 Å². The SMILES string of the molecule is C=C(/C=N\NC)/C=C/C=O.CCOC. The van der Waals surface area contributed by atoms with Gasteiger partial charge in [-0.1, -0.05) is 12.7 Å². The Balaban J connectivity index is 0. The van der Waals surface area contributed by atoms with Crippen LogP contribution in [0.3, 0.4) is 0 Å². The standard InChI is InChI=1S/C7H10N2O.C3H8O/c1-7(4-3-5-10)6-9-8-2;1-3-4-2/h3-6,8H,1H2,2H3;3H2,1-2H3/b4-3+,9-6-;. The molecule has 4 heteroatoms. The lowest BCUT2D eigenvalue weighted by Gasteiger charge is -1.86. The third-order valence-electron chi connectivity index (χ3n) is 1.04. The molecule has 0 radical (unpaired) electrons. The fourth-order valence-corrected chi connectivity index (χ4v) is 0.353. The predicted octanol–water partition coefficient (Wildman–Crippen LogP) is 1.16. The van der Waals surface area contributed by atoms with Crippen LogP contribution >= 0.6 is 0 Å². The van der Waals surface area contributed by atoms with Crippen LogP contribution in [0.15, 0.2) is 29.4 Å². The quantitative estimate of drug-likeness (QED) is 0.237. The van der Waals surface area contributed by atoms with Gasteiger partial charge >= 0.3 is 0 Å². The minimum Gasteiger partial charge on any atom is -0.385 e. The number of nitrogens with one attached hydrogen (secondary N) is 1. The lowest BCUT2D eigenvalue weighted by molar-refractivity contribution is -0.104. The fraction of sp³-hybridized carbons (Fsp3) is 0.400. The number of methoxy groups -OCH3 is 1. The average Bonchev–Trinajstić information content (AvgIpc) is 2.23. The van der Waals surface area contributed by atoms with Crippen LogP contribution in [0, 0.1) is 0 Å². The Hall–Kier alpha value is -1.42. The van der Waals surface area contributed by atoms with E-state index in [1.165, 1.54) is 12.3 Å². The highest BCUT2D eigenvalue weighted by atomic mass is 16.5. The minimum absolute atomic E-state index is 0.682. The number of carbonyl (C=O) groups is 1. The van der Waals surface area contributed by atoms with Gasteiger partial charge in [0.15, 0.2) is 0 Å². The summed E-state index contributed by atoms with van der Waals surface area (Å²) in [5, 5.41) is 3.68. The zero-order chi connectivity index (χ0) is 11.2. The number of hydrazone groups is 1. The Bertz CT molecular complexity index is 196. The van der Waals surface area contributed by atoms with Crippen molar-refractivity contribution in [2.24, 2.45) is 5.10 Å². The van der Waals surface area contributed by atoms with Crippen LogP contribution in [0.2, 0.25) is 0 Å². The third kappa shape index (κ3) is 16.9. The second-order valence-corrected chi connectivity index (χ2v) is 2.13. The van der Waals surface area contributed by atoms with Gasteiger partial charge in [-0.15, -0.1) is 0 Å². The van der Waals surface area contributed by atoms with Crippen molar-refractivity contribution in [2.45, 2.75) is 6.92 Å². The number of nitrogens with zero attached hydrogens (tertiary/aromatic N) is 1. The third-order valence-corrected chi connectivity index (χ3v) is 1.04. The van der Waals surface area contributed by atoms with Crippen LogP contribution in [0.4, 0.5) is 0 Å². The summed E-state index contributed by atoms with van der Waals surface area (Å²) in [5.41, 5.74) is 3.24. The molecule has 0 heterocycles. The zero-order valence-electron chi connectivity index (χ0n) is 8.99. The molecule has 80 valence electrons. The van der Waals surface area contributed by atoms with Gasteiger partial charge in [-0.25, -0.2) is 0 Å². The zero-order valence-corrected chi connectivity index (χ0v) is 8.99. The van der Waals surface area contributed by atoms with Crippen LogP contribution in [0.1, 0.15) is 6.92 Å². The predicted molar refractivity (Wildman–Crippen MR) is 59.4 cm³/mol. The van der Waals surface area contributed by atoms with E-state index in [4.69, 9.17) is 0 Å². The maximum Gasteiger partial charge on any atom is 0.142 e. The molecule has 0 aromatic rings. The van der Waals surface area contributed by atoms with Gasteiger partial charge in [0, 0.05) is 20.8 Å². The summed E-state index contributed by atoms with van der Waals surface area (Å²) in [6, 6.07) is 0. The highest BCUT2D eigenvalue weighted by molar-refractivity contribution is 5.83. The van der Waals surface area contributed by atoms with Gasteiger partial charge in [0.25, 0.3) is 0 Å². The highest BCUT2D eigenvalue weighted by Gasteiger charge is 1.77. The first-order valence-electron chi connectivity index (χ1n) is 4.22. The largest absolute Gasteiger partial charge is 0.385 e. The molecule has 0 amide bonds. The van der Waals surface area contributed by atoms with Crippen molar-refractivity contribution in [3.8, 4) is 0 Å². The molecule has 0 atom stereocenters. The molecular formula is C10H18N2O2. The van der Waals surface area contributed by atoms with E-state index < -0.39 is 0 Å². The molecule has 0 unspecified atom stereocenters. The molecule has 0 saturated heterocycles. The van der Waals surface area contributed by atoms with E-state index in [-0.39, 0.29) is 0 Å². The maximum atomic E-state index is 9.80. The molecule has 0 aliphatic heterocycles. The van der Waals surface area contributed by atoms with Crippen molar-refractivity contribution in [3.05, 3.63) is 24.3 Å². The van der Waals surface area contributed by atoms with E-state index >= 15 is 0 Å². The second-order valence-electron chi connectivity index (χ2n) is 2.13. The monoisotopic (exact) mass is 198 g/mol. The van der Waals surface area contributed by atoms with Crippen LogP contribution < -0.4 is 5.43 Å². The Morgan fingerprint density at radius 1 is 1.64 bits per heavy atom. The first-order chi connectivity index (χ1) is 6.72. The fourth-order valence-electron chi connectivity index (χ4n) is 0.353. The van der Waals surface area contributed by atoms with Crippen molar-refractivity contribution in [3.63, 3.8) is 0 Å². The molecule has 4 nitrogen and oxygen atoms in total. The summed E-state index contributed by atoms with van der Waals surface area (Å²) in [6.07, 6.45) is 5.16. The number of hydrogen-bond donors (Lipinski definition) is 1. The molecule has 14 heavy (non-hydrogen) atoms. The molecule has 0 bridgehead atoms. The molecular weight excluding hydrogens is 180 g/mol. The van der Waals surface area contributed by atoms with Crippen LogP contribution in [-0.4, -0.2) is 33.3 Å². The molecule has 0 aromatic carbocycles. The highest BCUT2D eigenvalue weighted by Crippen LogP contribution is 1.85. The maximum absolute atomic E-state index is 9.80. The Kier molecular flexibility index (Phi) is 15.2. The molecule has 0 aliphatic rings. The van der Waals surface area contributed by atoms with Crippen LogP contribution in [0.5, 0.6) is 0 Å². The summed E-state index contributed by atoms with van der Waals surface area (Å²) in [7, 11) is 3.37. The number of carbonyl (C=O) groups excluding carboxylic acids is 1. The van der Waals surface area contributed by atoms with E-state index in [1.807, 2.05) is 6.92 Å². The summed E-state index contributed by atoms with van der Waals surface area (Å²) in [4.78, 5) is 9.80. The lowest BCUT2D eigenvalue weighted by Crippen LogP contribution is -1.93. The van der Waals surface area contributed by atoms with Crippen molar-refractivity contribution in [1.29, 1.82) is 0 Å². The van der Waals surface area contributed by atoms with Gasteiger partial charge in [0.1, 0.15) is 6.29 Å². The van der Waals surface area contributed by atoms with E-state index in [2.05, 4.69) is 21.8 Å². The number of allylic oxidation sites excluding steroid dienone is 3. The first-order valence-corrected chi connectivity index (χ1v) is 4.22. The van der Waals surface area contributed by atoms with E-state index in [9.17, 15) is 4.79 Å². The molecule has 0 rings (SSSR count). The smallest absolute Gasteiger partial charge is 0.142 e. The molecule has 0 aromatic heterocycles. The van der Waals surface area contributed by atoms with Gasteiger partial charge in [-0.3, -0.25) is 4.79 Å². The molecule has 0 spiro atoms. The van der Waals surface area contributed by atoms with Gasteiger partial charge in [-0.2, -0.15) is 5.10 Å². The topological polar surface area (TPSA) is 50.7 Å². The second kappa shape index (κ2) is 14.1. The lowest BCUT2D eigenvalue weighted by atomic mass is 10.3. The van der Waals surface area contributed by atoms with E-state index in [1.54, 1.807) is 20.2 Å². The van der Waals surface area contributed by atoms with Crippen molar-refractivity contribution in [1.82, 2.24) is 5.43 Å². The van der Waals surface area contributed by atoms with Gasteiger partial charge in [0.2, 0.25) is 0 Å². The molecule has 0 saturated carbocycles. The van der Waals surface area contributed by atoms with Crippen molar-refractivity contribution < 1.29 is 9.53 Å². The van der Waals surface area contributed by atoms with Gasteiger partial charge in [0.05, 0.1) is 6.21 Å². The molecule has 1 N–H and O–H groups in total. The number of hydrogen-bond acceptors (Lipinski definition) is 4. The summed E-state index contributed by atoms with van der Waals surface area (Å²) < 4.78 is 4.54. The van der Waals surface area contributed by atoms with Gasteiger partial charge in [-0.05, 0) is 18.6 Å². The molecule has 0 fully saturated rings. The normalized spacial score (nSPS) is 9.64. The summed E-state index contributed by atoms with van der Waals surface area (Å²) in [6.45, 7) is 6.37. The van der Waals surface area contributed by atoms with Crippen molar-refractivity contribution >= 4 is 12.5 Å². The first kappa shape index (κ1) is 15.1. The Morgan fingerprint density at radius 3 is 2.57 bits per heavy atom. The van der Waals surface area contributed by atoms with Crippen LogP contribution in [0.25, 0.3) is 0 Å². The Morgan fingerprint density at radius 2 is 2.21 bits per heavy atom. The summed E-state index contributed by atoms with van der Waals surface area (Å²) in [5.74, 6) is 0. The number of aldehydes is 1. The molecule has 0 aliphatic carbocycles. The number of rotatable bonds is 5. The van der Waals surface area contributed by atoms with Crippen molar-refractivity contribution in [2.75, 3.05) is 20.8 Å². The average molecular weight is 198 g/mol. The van der Waals surface area contributed by atoms with Gasteiger partial charge < -0.3 is 10.2 Å². The minimum atomic E-state index is 0.682. The summed E-state index contributed by atoms with van der Waals surface area (Å²) >= 11 is 0. The number of ether oxygens (including phenoxy) is 1. The Labute approximate surface area is 85.3 Å². The van der Waals surface area contributed by atoms with Crippen LogP contribution in [-0.2, 0) is 9.53 Å². The van der Waals surface area contributed by atoms with E-state index in [0.717, 1.165) is 6.61 Å².